The monoisotopic (exact) mass is 702 g/mol. The second kappa shape index (κ2) is 15.9. The van der Waals surface area contributed by atoms with Gasteiger partial charge in [0, 0.05) is 68.0 Å². The Hall–Kier alpha value is -5.07. The summed E-state index contributed by atoms with van der Waals surface area (Å²) in [5.74, 6) is 0.782. The molecule has 2 aromatic heterocycles. The number of hydrogen-bond donors (Lipinski definition) is 4. The minimum absolute atomic E-state index is 0.183. The molecule has 0 bridgehead atoms. The minimum Gasteiger partial charge on any atom is -0.494 e. The number of para-hydroxylation sites is 1. The van der Waals surface area contributed by atoms with Gasteiger partial charge in [-0.15, -0.1) is 12.3 Å². The summed E-state index contributed by atoms with van der Waals surface area (Å²) in [5, 5.41) is 8.37. The van der Waals surface area contributed by atoms with Gasteiger partial charge in [0.1, 0.15) is 17.4 Å². The standard InChI is InChI=1S/C33H35ClF4N8O3/c1-6-7-12-45(3)13-14-46(4)26-16-27(49-5)25(15-24(26)42-30(47)19(2)41-31(48)29(34)35)43-32-40-18-22(33(36,37)38)28(44-32)21-17-39-23-11-9-8-10-20(21)23/h1,8-11,15-19,29,39H,7,12-14H2,2-5H3,(H,41,48)(H,42,47)(H,40,43,44)/t19-,29?/m0/s1. The van der Waals surface area contributed by atoms with Crippen molar-refractivity contribution >= 4 is 57.3 Å². The predicted octanol–water partition coefficient (Wildman–Crippen LogP) is 5.76. The van der Waals surface area contributed by atoms with Gasteiger partial charge in [-0.05, 0) is 26.1 Å². The molecule has 0 saturated carbocycles. The van der Waals surface area contributed by atoms with E-state index >= 15 is 0 Å². The van der Waals surface area contributed by atoms with E-state index in [1.807, 2.05) is 16.8 Å². The van der Waals surface area contributed by atoms with Crippen molar-refractivity contribution in [1.29, 1.82) is 0 Å². The fraction of sp³-hybridized carbons (Fsp3) is 0.333. The normalized spacial score (nSPS) is 12.7. The first kappa shape index (κ1) is 36.8. The molecule has 0 fully saturated rings. The van der Waals surface area contributed by atoms with Gasteiger partial charge in [0.2, 0.25) is 11.9 Å². The average Bonchev–Trinajstić information content (AvgIpc) is 3.50. The largest absolute Gasteiger partial charge is 0.494 e. The highest BCUT2D eigenvalue weighted by Crippen LogP contribution is 2.41. The van der Waals surface area contributed by atoms with Crippen molar-refractivity contribution in [3.8, 4) is 29.4 Å². The molecule has 2 aromatic carbocycles. The van der Waals surface area contributed by atoms with Crippen LogP contribution in [-0.2, 0) is 15.8 Å². The number of carbonyl (C=O) groups is 2. The van der Waals surface area contributed by atoms with Gasteiger partial charge in [-0.3, -0.25) is 9.59 Å². The number of aromatic amines is 1. The number of carbonyl (C=O) groups excluding carboxylic acids is 2. The van der Waals surface area contributed by atoms with Crippen molar-refractivity contribution in [2.24, 2.45) is 0 Å². The van der Waals surface area contributed by atoms with Crippen molar-refractivity contribution in [3.05, 3.63) is 54.4 Å². The molecule has 0 saturated heterocycles. The molecule has 4 N–H and O–H groups in total. The van der Waals surface area contributed by atoms with Crippen LogP contribution in [0.2, 0.25) is 0 Å². The number of H-pyrrole nitrogens is 1. The molecular weight excluding hydrogens is 668 g/mol. The number of benzene rings is 2. The highest BCUT2D eigenvalue weighted by Gasteiger charge is 2.36. The minimum atomic E-state index is -4.75. The lowest BCUT2D eigenvalue weighted by Gasteiger charge is -2.27. The molecule has 2 atom stereocenters. The van der Waals surface area contributed by atoms with Crippen LogP contribution in [-0.4, -0.2) is 84.2 Å². The fourth-order valence-corrected chi connectivity index (χ4v) is 4.95. The SMILES string of the molecule is C#CCCN(C)CCN(C)c1cc(OC)c(Nc2ncc(C(F)(F)F)c(-c3c[nH]c4ccccc34)n2)cc1NC(=O)[C@H](C)NC(=O)C(F)Cl. The number of likely N-dealkylation sites (N-methyl/N-ethyl adjacent to an activating group) is 2. The van der Waals surface area contributed by atoms with Gasteiger partial charge < -0.3 is 35.5 Å². The molecule has 2 heterocycles. The Kier molecular flexibility index (Phi) is 11.9. The molecule has 0 radical (unpaired) electrons. The van der Waals surface area contributed by atoms with E-state index in [1.54, 1.807) is 37.4 Å². The molecule has 0 spiro atoms. The molecule has 4 rings (SSSR count). The molecule has 49 heavy (non-hydrogen) atoms. The first-order chi connectivity index (χ1) is 23.2. The van der Waals surface area contributed by atoms with Gasteiger partial charge in [0.05, 0.1) is 29.9 Å². The maximum Gasteiger partial charge on any atom is 0.419 e. The van der Waals surface area contributed by atoms with Crippen LogP contribution in [0.25, 0.3) is 22.2 Å². The van der Waals surface area contributed by atoms with Gasteiger partial charge in [-0.25, -0.2) is 14.4 Å². The summed E-state index contributed by atoms with van der Waals surface area (Å²) in [6.45, 7) is 3.10. The lowest BCUT2D eigenvalue weighted by atomic mass is 10.1. The topological polar surface area (TPSA) is 128 Å². The van der Waals surface area contributed by atoms with Crippen LogP contribution in [0.1, 0.15) is 18.9 Å². The van der Waals surface area contributed by atoms with Crippen LogP contribution < -0.4 is 25.6 Å². The molecule has 0 aliphatic carbocycles. The summed E-state index contributed by atoms with van der Waals surface area (Å²) < 4.78 is 61.3. The number of terminal acetylenes is 1. The third-order valence-corrected chi connectivity index (χ3v) is 7.78. The van der Waals surface area contributed by atoms with Gasteiger partial charge in [0.25, 0.3) is 11.5 Å². The fourth-order valence-electron chi connectivity index (χ4n) is 4.89. The number of halogens is 5. The predicted molar refractivity (Wildman–Crippen MR) is 182 cm³/mol. The lowest BCUT2D eigenvalue weighted by Crippen LogP contribution is -2.44. The molecule has 16 heteroatoms. The highest BCUT2D eigenvalue weighted by molar-refractivity contribution is 6.29. The van der Waals surface area contributed by atoms with E-state index in [0.717, 1.165) is 0 Å². The van der Waals surface area contributed by atoms with Gasteiger partial charge in [-0.2, -0.15) is 13.2 Å². The summed E-state index contributed by atoms with van der Waals surface area (Å²) in [4.78, 5) is 40.0. The number of nitrogens with zero attached hydrogens (tertiary/aromatic N) is 4. The van der Waals surface area contributed by atoms with Gasteiger partial charge in [-0.1, -0.05) is 29.8 Å². The Morgan fingerprint density at radius 2 is 1.86 bits per heavy atom. The summed E-state index contributed by atoms with van der Waals surface area (Å²) in [5.41, 5.74) is -1.96. The first-order valence-corrected chi connectivity index (χ1v) is 15.4. The summed E-state index contributed by atoms with van der Waals surface area (Å²) in [6.07, 6.45) is 3.34. The molecular formula is C33H35ClF4N8O3. The van der Waals surface area contributed by atoms with E-state index < -0.39 is 35.2 Å². The Labute approximate surface area is 285 Å². The molecule has 260 valence electrons. The number of aromatic nitrogens is 3. The number of amides is 2. The average molecular weight is 703 g/mol. The highest BCUT2D eigenvalue weighted by atomic mass is 35.5. The third-order valence-electron chi connectivity index (χ3n) is 7.58. The zero-order valence-corrected chi connectivity index (χ0v) is 27.8. The van der Waals surface area contributed by atoms with E-state index in [9.17, 15) is 27.2 Å². The molecule has 1 unspecified atom stereocenters. The van der Waals surface area contributed by atoms with E-state index in [0.29, 0.717) is 48.8 Å². The summed E-state index contributed by atoms with van der Waals surface area (Å²) in [7, 11) is 5.10. The van der Waals surface area contributed by atoms with Crippen molar-refractivity contribution in [2.75, 3.05) is 56.4 Å². The maximum absolute atomic E-state index is 14.1. The Morgan fingerprint density at radius 3 is 2.53 bits per heavy atom. The van der Waals surface area contributed by atoms with Crippen LogP contribution in [0.4, 0.5) is 40.6 Å². The number of ether oxygens (including phenoxy) is 1. The summed E-state index contributed by atoms with van der Waals surface area (Å²) >= 11 is 5.20. The number of methoxy groups -OCH3 is 1. The molecule has 2 amide bonds. The zero-order valence-electron chi connectivity index (χ0n) is 27.1. The number of rotatable bonds is 14. The van der Waals surface area contributed by atoms with E-state index in [2.05, 4.69) is 36.8 Å². The van der Waals surface area contributed by atoms with E-state index in [4.69, 9.17) is 22.8 Å². The smallest absolute Gasteiger partial charge is 0.419 e. The first-order valence-electron chi connectivity index (χ1n) is 15.0. The molecule has 4 aromatic rings. The van der Waals surface area contributed by atoms with Crippen molar-refractivity contribution in [3.63, 3.8) is 0 Å². The second-order valence-electron chi connectivity index (χ2n) is 11.1. The van der Waals surface area contributed by atoms with Crippen LogP contribution in [0.5, 0.6) is 5.75 Å². The molecule has 11 nitrogen and oxygen atoms in total. The third kappa shape index (κ3) is 9.09. The van der Waals surface area contributed by atoms with E-state index in [-0.39, 0.29) is 34.3 Å². The van der Waals surface area contributed by atoms with Crippen molar-refractivity contribution in [2.45, 2.75) is 31.2 Å². The molecule has 0 aliphatic rings. The quantitative estimate of drug-likeness (QED) is 0.0742. The van der Waals surface area contributed by atoms with E-state index in [1.165, 1.54) is 26.3 Å². The number of hydrogen-bond acceptors (Lipinski definition) is 8. The van der Waals surface area contributed by atoms with Crippen molar-refractivity contribution in [1.82, 2.24) is 25.2 Å². The summed E-state index contributed by atoms with van der Waals surface area (Å²) in [6, 6.07) is 8.80. The Morgan fingerprint density at radius 1 is 1.12 bits per heavy atom. The Bertz CT molecular complexity index is 1840. The number of alkyl halides is 5. The number of nitrogens with one attached hydrogen (secondary N) is 4. The van der Waals surface area contributed by atoms with Crippen LogP contribution in [0.15, 0.2) is 48.8 Å². The number of fused-ring (bicyclic) bond motifs is 1. The second-order valence-corrected chi connectivity index (χ2v) is 11.5. The van der Waals surface area contributed by atoms with Crippen molar-refractivity contribution < 1.29 is 31.9 Å². The van der Waals surface area contributed by atoms with Gasteiger partial charge >= 0.3 is 6.18 Å². The molecule has 0 aliphatic heterocycles. The van der Waals surface area contributed by atoms with Crippen LogP contribution in [0.3, 0.4) is 0 Å². The number of anilines is 4. The maximum atomic E-state index is 14.1. The lowest BCUT2D eigenvalue weighted by molar-refractivity contribution is -0.137. The van der Waals surface area contributed by atoms with Crippen LogP contribution in [0, 0.1) is 12.3 Å². The Balaban J connectivity index is 1.74. The zero-order chi connectivity index (χ0) is 35.9. The van der Waals surface area contributed by atoms with Gasteiger partial charge in [0.15, 0.2) is 0 Å². The van der Waals surface area contributed by atoms with Crippen LogP contribution >= 0.6 is 11.6 Å².